The molecule has 2 N–H and O–H groups in total. The monoisotopic (exact) mass is 386 g/mol. The fourth-order valence-electron chi connectivity index (χ4n) is 2.56. The summed E-state index contributed by atoms with van der Waals surface area (Å²) in [5.74, 6) is -1.16. The molecule has 28 heavy (non-hydrogen) atoms. The molecule has 0 spiro atoms. The molecule has 0 aliphatic rings. The van der Waals surface area contributed by atoms with Gasteiger partial charge >= 0.3 is 5.97 Å². The number of amides is 2. The Morgan fingerprint density at radius 1 is 0.964 bits per heavy atom. The predicted molar refractivity (Wildman–Crippen MR) is 102 cm³/mol. The van der Waals surface area contributed by atoms with E-state index in [1.54, 1.807) is 42.5 Å². The summed E-state index contributed by atoms with van der Waals surface area (Å²) >= 11 is 0. The molecule has 0 fully saturated rings. The van der Waals surface area contributed by atoms with Crippen LogP contribution in [0.25, 0.3) is 0 Å². The van der Waals surface area contributed by atoms with Crippen molar-refractivity contribution in [2.24, 2.45) is 5.73 Å². The van der Waals surface area contributed by atoms with Crippen LogP contribution < -0.4 is 20.1 Å². The minimum absolute atomic E-state index is 0.0156. The molecule has 0 unspecified atom stereocenters. The number of esters is 1. The number of primary amides is 1. The highest BCUT2D eigenvalue weighted by atomic mass is 16.5. The predicted octanol–water partition coefficient (Wildman–Crippen LogP) is 1.77. The standard InChI is InChI=1S/C20H22N2O6/c1-26-16-10-6-9-15(19(16)27-2)20(25)28-13-18(24)22(12-11-17(21)23)14-7-4-3-5-8-14/h3-10H,11-13H2,1-2H3,(H2,21,23). The zero-order valence-electron chi connectivity index (χ0n) is 15.7. The summed E-state index contributed by atoms with van der Waals surface area (Å²) in [6.45, 7) is -0.426. The van der Waals surface area contributed by atoms with Crippen LogP contribution in [0.3, 0.4) is 0 Å². The van der Waals surface area contributed by atoms with Crippen molar-refractivity contribution in [3.8, 4) is 11.5 Å². The van der Waals surface area contributed by atoms with Crippen LogP contribution in [0.2, 0.25) is 0 Å². The molecule has 0 radical (unpaired) electrons. The summed E-state index contributed by atoms with van der Waals surface area (Å²) in [7, 11) is 2.85. The number of benzene rings is 2. The fraction of sp³-hybridized carbons (Fsp3) is 0.250. The maximum atomic E-state index is 12.6. The van der Waals surface area contributed by atoms with Gasteiger partial charge in [0.05, 0.1) is 14.2 Å². The Bertz CT molecular complexity index is 838. The summed E-state index contributed by atoms with van der Waals surface area (Å²) in [6.07, 6.45) is -0.0156. The average Bonchev–Trinajstić information content (AvgIpc) is 2.71. The Labute approximate surface area is 162 Å². The van der Waals surface area contributed by atoms with Gasteiger partial charge in [0.2, 0.25) is 5.91 Å². The first-order valence-corrected chi connectivity index (χ1v) is 8.49. The Hall–Kier alpha value is -3.55. The second-order valence-corrected chi connectivity index (χ2v) is 5.71. The van der Waals surface area contributed by atoms with Crippen molar-refractivity contribution in [2.75, 3.05) is 32.3 Å². The van der Waals surface area contributed by atoms with E-state index in [1.807, 2.05) is 0 Å². The minimum atomic E-state index is -0.730. The van der Waals surface area contributed by atoms with Crippen molar-refractivity contribution in [1.29, 1.82) is 0 Å². The highest BCUT2D eigenvalue weighted by Crippen LogP contribution is 2.31. The lowest BCUT2D eigenvalue weighted by Crippen LogP contribution is -2.37. The van der Waals surface area contributed by atoms with Crippen molar-refractivity contribution in [2.45, 2.75) is 6.42 Å². The molecule has 2 aromatic carbocycles. The third-order valence-corrected chi connectivity index (χ3v) is 3.90. The van der Waals surface area contributed by atoms with E-state index in [2.05, 4.69) is 0 Å². The van der Waals surface area contributed by atoms with Crippen LogP contribution in [0, 0.1) is 0 Å². The van der Waals surface area contributed by atoms with E-state index in [-0.39, 0.29) is 24.3 Å². The van der Waals surface area contributed by atoms with E-state index >= 15 is 0 Å². The summed E-state index contributed by atoms with van der Waals surface area (Å²) in [5.41, 5.74) is 5.90. The fourth-order valence-corrected chi connectivity index (χ4v) is 2.56. The average molecular weight is 386 g/mol. The molecule has 2 rings (SSSR count). The molecule has 0 bridgehead atoms. The van der Waals surface area contributed by atoms with E-state index in [0.717, 1.165) is 0 Å². The van der Waals surface area contributed by atoms with Crippen molar-refractivity contribution in [1.82, 2.24) is 0 Å². The summed E-state index contributed by atoms with van der Waals surface area (Å²) in [4.78, 5) is 37.5. The second kappa shape index (κ2) is 9.96. The van der Waals surface area contributed by atoms with E-state index in [0.29, 0.717) is 11.4 Å². The molecule has 2 aromatic rings. The highest BCUT2D eigenvalue weighted by Gasteiger charge is 2.21. The summed E-state index contributed by atoms with van der Waals surface area (Å²) < 4.78 is 15.5. The molecular weight excluding hydrogens is 364 g/mol. The van der Waals surface area contributed by atoms with Crippen LogP contribution in [-0.4, -0.2) is 45.2 Å². The Balaban J connectivity index is 2.12. The smallest absolute Gasteiger partial charge is 0.342 e. The first kappa shape index (κ1) is 20.8. The van der Waals surface area contributed by atoms with Gasteiger partial charge in [0, 0.05) is 18.7 Å². The molecule has 0 saturated heterocycles. The molecule has 0 heterocycles. The molecule has 8 heteroatoms. The lowest BCUT2D eigenvalue weighted by molar-refractivity contribution is -0.121. The van der Waals surface area contributed by atoms with Crippen LogP contribution in [0.1, 0.15) is 16.8 Å². The first-order valence-electron chi connectivity index (χ1n) is 8.49. The lowest BCUT2D eigenvalue weighted by atomic mass is 10.2. The van der Waals surface area contributed by atoms with Crippen LogP contribution in [0.15, 0.2) is 48.5 Å². The normalized spacial score (nSPS) is 10.1. The second-order valence-electron chi connectivity index (χ2n) is 5.71. The van der Waals surface area contributed by atoms with Gasteiger partial charge in [0.25, 0.3) is 5.91 Å². The van der Waals surface area contributed by atoms with Crippen molar-refractivity contribution >= 4 is 23.5 Å². The molecule has 0 atom stereocenters. The molecule has 0 saturated carbocycles. The van der Waals surface area contributed by atoms with Crippen molar-refractivity contribution in [3.63, 3.8) is 0 Å². The zero-order chi connectivity index (χ0) is 20.5. The minimum Gasteiger partial charge on any atom is -0.493 e. The van der Waals surface area contributed by atoms with Gasteiger partial charge in [-0.3, -0.25) is 9.59 Å². The molecule has 2 amide bonds. The molecule has 0 aliphatic carbocycles. The number of methoxy groups -OCH3 is 2. The van der Waals surface area contributed by atoms with Crippen molar-refractivity contribution < 1.29 is 28.6 Å². The van der Waals surface area contributed by atoms with E-state index in [1.165, 1.54) is 25.2 Å². The van der Waals surface area contributed by atoms with Gasteiger partial charge in [-0.2, -0.15) is 0 Å². The highest BCUT2D eigenvalue weighted by molar-refractivity contribution is 5.98. The van der Waals surface area contributed by atoms with Gasteiger partial charge in [-0.25, -0.2) is 4.79 Å². The topological polar surface area (TPSA) is 108 Å². The number of nitrogens with two attached hydrogens (primary N) is 1. The first-order chi connectivity index (χ1) is 13.5. The SMILES string of the molecule is COc1cccc(C(=O)OCC(=O)N(CCC(N)=O)c2ccccc2)c1OC. The number of carbonyl (C=O) groups excluding carboxylic acids is 3. The van der Waals surface area contributed by atoms with E-state index in [9.17, 15) is 14.4 Å². The maximum absolute atomic E-state index is 12.6. The third kappa shape index (κ3) is 5.23. The van der Waals surface area contributed by atoms with E-state index in [4.69, 9.17) is 19.9 Å². The van der Waals surface area contributed by atoms with Gasteiger partial charge in [0.15, 0.2) is 18.1 Å². The van der Waals surface area contributed by atoms with Gasteiger partial charge in [0.1, 0.15) is 5.56 Å². The van der Waals surface area contributed by atoms with Gasteiger partial charge in [-0.1, -0.05) is 24.3 Å². The molecule has 0 aliphatic heterocycles. The lowest BCUT2D eigenvalue weighted by Gasteiger charge is -2.22. The number of ether oxygens (including phenoxy) is 3. The largest absolute Gasteiger partial charge is 0.493 e. The van der Waals surface area contributed by atoms with Gasteiger partial charge < -0.3 is 24.8 Å². The number of hydrogen-bond acceptors (Lipinski definition) is 6. The van der Waals surface area contributed by atoms with E-state index < -0.39 is 24.4 Å². The number of carbonyl (C=O) groups is 3. The number of hydrogen-bond donors (Lipinski definition) is 1. The van der Waals surface area contributed by atoms with Gasteiger partial charge in [-0.15, -0.1) is 0 Å². The number of nitrogens with zero attached hydrogens (tertiary/aromatic N) is 1. The quantitative estimate of drug-likeness (QED) is 0.658. The van der Waals surface area contributed by atoms with Crippen LogP contribution in [0.4, 0.5) is 5.69 Å². The number of rotatable bonds is 9. The van der Waals surface area contributed by atoms with Crippen LogP contribution in [0.5, 0.6) is 11.5 Å². The van der Waals surface area contributed by atoms with Crippen LogP contribution >= 0.6 is 0 Å². The Morgan fingerprint density at radius 2 is 1.68 bits per heavy atom. The Morgan fingerprint density at radius 3 is 2.29 bits per heavy atom. The maximum Gasteiger partial charge on any atom is 0.342 e. The number of anilines is 1. The van der Waals surface area contributed by atoms with Crippen molar-refractivity contribution in [3.05, 3.63) is 54.1 Å². The molecular formula is C20H22N2O6. The molecule has 148 valence electrons. The number of para-hydroxylation sites is 2. The summed E-state index contributed by atoms with van der Waals surface area (Å²) in [5, 5.41) is 0. The zero-order valence-corrected chi connectivity index (χ0v) is 15.7. The Kier molecular flexibility index (Phi) is 7.38. The molecule has 8 nitrogen and oxygen atoms in total. The summed E-state index contributed by atoms with van der Waals surface area (Å²) in [6, 6.07) is 13.5. The van der Waals surface area contributed by atoms with Gasteiger partial charge in [-0.05, 0) is 24.3 Å². The third-order valence-electron chi connectivity index (χ3n) is 3.90. The molecule has 0 aromatic heterocycles. The van der Waals surface area contributed by atoms with Crippen LogP contribution in [-0.2, 0) is 14.3 Å².